The van der Waals surface area contributed by atoms with Crippen LogP contribution >= 0.6 is 0 Å². The van der Waals surface area contributed by atoms with Crippen molar-refractivity contribution in [2.75, 3.05) is 6.61 Å². The molecular formula is C13H21NO4. The van der Waals surface area contributed by atoms with E-state index in [4.69, 9.17) is 9.47 Å². The van der Waals surface area contributed by atoms with Crippen LogP contribution in [0.3, 0.4) is 0 Å². The topological polar surface area (TPSA) is 61.6 Å². The van der Waals surface area contributed by atoms with Gasteiger partial charge in [0.15, 0.2) is 6.29 Å². The van der Waals surface area contributed by atoms with Gasteiger partial charge in [-0.15, -0.1) is 0 Å². The Bertz CT molecular complexity index is 359. The normalized spacial score (nSPS) is 21.0. The fourth-order valence-corrected chi connectivity index (χ4v) is 1.51. The Labute approximate surface area is 108 Å². The van der Waals surface area contributed by atoms with E-state index in [9.17, 15) is 10.1 Å². The summed E-state index contributed by atoms with van der Waals surface area (Å²) in [4.78, 5) is 10.4. The third-order valence-corrected chi connectivity index (χ3v) is 2.69. The average molecular weight is 255 g/mol. The van der Waals surface area contributed by atoms with Gasteiger partial charge < -0.3 is 9.47 Å². The van der Waals surface area contributed by atoms with E-state index in [0.717, 1.165) is 19.3 Å². The van der Waals surface area contributed by atoms with E-state index in [1.165, 1.54) is 13.8 Å². The second kappa shape index (κ2) is 5.68. The quantitative estimate of drug-likeness (QED) is 0.441. The molecule has 1 saturated heterocycles. The highest BCUT2D eigenvalue weighted by molar-refractivity contribution is 5.17. The van der Waals surface area contributed by atoms with Crippen molar-refractivity contribution in [1.82, 2.24) is 0 Å². The van der Waals surface area contributed by atoms with E-state index in [0.29, 0.717) is 6.61 Å². The molecule has 1 unspecified atom stereocenters. The van der Waals surface area contributed by atoms with Gasteiger partial charge in [-0.2, -0.15) is 0 Å². The Morgan fingerprint density at radius 1 is 1.28 bits per heavy atom. The Morgan fingerprint density at radius 3 is 2.44 bits per heavy atom. The van der Waals surface area contributed by atoms with Gasteiger partial charge >= 0.3 is 0 Å². The number of hydrogen-bond donors (Lipinski definition) is 0. The highest BCUT2D eigenvalue weighted by Gasteiger charge is 2.29. The minimum Gasteiger partial charge on any atom is -0.353 e. The molecule has 0 amide bonds. The Kier molecular flexibility index (Phi) is 4.71. The minimum atomic E-state index is -1.26. The SMILES string of the molecule is CC(C)(C#CC(C)(C)[N+](=O)[O-])OC1CCCCO1. The van der Waals surface area contributed by atoms with Gasteiger partial charge in [-0.1, -0.05) is 5.92 Å². The summed E-state index contributed by atoms with van der Waals surface area (Å²) in [6, 6.07) is 0. The Balaban J connectivity index is 2.63. The maximum atomic E-state index is 10.8. The third kappa shape index (κ3) is 4.63. The lowest BCUT2D eigenvalue weighted by atomic mass is 10.0. The van der Waals surface area contributed by atoms with E-state index in [-0.39, 0.29) is 6.29 Å². The van der Waals surface area contributed by atoms with Crippen LogP contribution in [0.15, 0.2) is 0 Å². The molecule has 1 rings (SSSR count). The number of ether oxygens (including phenoxy) is 2. The molecule has 102 valence electrons. The van der Waals surface area contributed by atoms with Crippen molar-refractivity contribution in [2.24, 2.45) is 0 Å². The molecular weight excluding hydrogens is 234 g/mol. The molecule has 1 atom stereocenters. The van der Waals surface area contributed by atoms with Crippen LogP contribution in [0.1, 0.15) is 47.0 Å². The van der Waals surface area contributed by atoms with Gasteiger partial charge in [-0.05, 0) is 39.0 Å². The molecule has 5 nitrogen and oxygen atoms in total. The molecule has 0 aromatic heterocycles. The third-order valence-electron chi connectivity index (χ3n) is 2.69. The fourth-order valence-electron chi connectivity index (χ4n) is 1.51. The van der Waals surface area contributed by atoms with Crippen molar-refractivity contribution in [2.45, 2.75) is 64.4 Å². The van der Waals surface area contributed by atoms with Crippen molar-refractivity contribution in [3.8, 4) is 11.8 Å². The molecule has 0 saturated carbocycles. The number of nitrogens with zero attached hydrogens (tertiary/aromatic N) is 1. The molecule has 1 aliphatic heterocycles. The van der Waals surface area contributed by atoms with Crippen molar-refractivity contribution in [3.05, 3.63) is 10.1 Å². The maximum Gasteiger partial charge on any atom is 0.275 e. The summed E-state index contributed by atoms with van der Waals surface area (Å²) in [6.07, 6.45) is 2.74. The van der Waals surface area contributed by atoms with Crippen LogP contribution < -0.4 is 0 Å². The average Bonchev–Trinajstić information content (AvgIpc) is 2.27. The molecule has 1 heterocycles. The van der Waals surface area contributed by atoms with E-state index in [2.05, 4.69) is 11.8 Å². The number of rotatable bonds is 3. The summed E-state index contributed by atoms with van der Waals surface area (Å²) >= 11 is 0. The van der Waals surface area contributed by atoms with Crippen molar-refractivity contribution >= 4 is 0 Å². The van der Waals surface area contributed by atoms with Crippen LogP contribution in [0.5, 0.6) is 0 Å². The molecule has 5 heteroatoms. The summed E-state index contributed by atoms with van der Waals surface area (Å²) in [5, 5.41) is 10.8. The standard InChI is InChI=1S/C13H21NO4/c1-12(2,14(15)16)8-9-13(3,4)18-11-7-5-6-10-17-11/h11H,5-7,10H2,1-4H3. The summed E-state index contributed by atoms with van der Waals surface area (Å²) in [5.74, 6) is 5.49. The van der Waals surface area contributed by atoms with Crippen LogP contribution in [0.2, 0.25) is 0 Å². The molecule has 0 bridgehead atoms. The lowest BCUT2D eigenvalue weighted by Gasteiger charge is -2.29. The predicted octanol–water partition coefficient (Wildman–Crippen LogP) is 2.37. The van der Waals surface area contributed by atoms with Gasteiger partial charge in [0.25, 0.3) is 5.54 Å². The van der Waals surface area contributed by atoms with Crippen LogP contribution in [-0.4, -0.2) is 29.0 Å². The van der Waals surface area contributed by atoms with Gasteiger partial charge in [-0.3, -0.25) is 10.1 Å². The van der Waals surface area contributed by atoms with Gasteiger partial charge in [0.05, 0.1) is 0 Å². The van der Waals surface area contributed by atoms with Crippen molar-refractivity contribution < 1.29 is 14.4 Å². The van der Waals surface area contributed by atoms with E-state index >= 15 is 0 Å². The first-order valence-electron chi connectivity index (χ1n) is 6.21. The smallest absolute Gasteiger partial charge is 0.275 e. The monoisotopic (exact) mass is 255 g/mol. The van der Waals surface area contributed by atoms with Gasteiger partial charge in [-0.25, -0.2) is 0 Å². The molecule has 1 aliphatic rings. The first kappa shape index (κ1) is 14.9. The van der Waals surface area contributed by atoms with E-state index in [1.54, 1.807) is 13.8 Å². The molecule has 0 radical (unpaired) electrons. The van der Waals surface area contributed by atoms with E-state index in [1.807, 2.05) is 0 Å². The minimum absolute atomic E-state index is 0.248. The summed E-state index contributed by atoms with van der Waals surface area (Å²) in [7, 11) is 0. The second-order valence-electron chi connectivity index (χ2n) is 5.49. The lowest BCUT2D eigenvalue weighted by Crippen LogP contribution is -2.34. The Morgan fingerprint density at radius 2 is 1.94 bits per heavy atom. The molecule has 0 aromatic rings. The highest BCUT2D eigenvalue weighted by atomic mass is 16.7. The van der Waals surface area contributed by atoms with Crippen LogP contribution in [0.25, 0.3) is 0 Å². The van der Waals surface area contributed by atoms with E-state index < -0.39 is 16.1 Å². The second-order valence-corrected chi connectivity index (χ2v) is 5.49. The van der Waals surface area contributed by atoms with Gasteiger partial charge in [0.1, 0.15) is 5.60 Å². The zero-order valence-corrected chi connectivity index (χ0v) is 11.5. The predicted molar refractivity (Wildman–Crippen MR) is 67.6 cm³/mol. The molecule has 18 heavy (non-hydrogen) atoms. The molecule has 0 N–H and O–H groups in total. The molecule has 0 aliphatic carbocycles. The number of hydrogen-bond acceptors (Lipinski definition) is 4. The molecule has 0 spiro atoms. The van der Waals surface area contributed by atoms with Crippen molar-refractivity contribution in [3.63, 3.8) is 0 Å². The Hall–Kier alpha value is -1.12. The van der Waals surface area contributed by atoms with Crippen LogP contribution in [0.4, 0.5) is 0 Å². The summed E-state index contributed by atoms with van der Waals surface area (Å²) < 4.78 is 11.2. The summed E-state index contributed by atoms with van der Waals surface area (Å²) in [6.45, 7) is 7.26. The zero-order chi connectivity index (χ0) is 13.8. The van der Waals surface area contributed by atoms with Gasteiger partial charge in [0, 0.05) is 25.4 Å². The lowest BCUT2D eigenvalue weighted by molar-refractivity contribution is -0.542. The number of nitro groups is 1. The van der Waals surface area contributed by atoms with Crippen molar-refractivity contribution in [1.29, 1.82) is 0 Å². The van der Waals surface area contributed by atoms with Crippen LogP contribution in [-0.2, 0) is 9.47 Å². The molecule has 0 aromatic carbocycles. The molecule has 1 fully saturated rings. The highest BCUT2D eigenvalue weighted by Crippen LogP contribution is 2.20. The first-order chi connectivity index (χ1) is 8.23. The maximum absolute atomic E-state index is 10.8. The largest absolute Gasteiger partial charge is 0.353 e. The zero-order valence-electron chi connectivity index (χ0n) is 11.5. The van der Waals surface area contributed by atoms with Crippen LogP contribution in [0, 0.1) is 22.0 Å². The van der Waals surface area contributed by atoms with Gasteiger partial charge in [0.2, 0.25) is 0 Å². The first-order valence-corrected chi connectivity index (χ1v) is 6.21. The summed E-state index contributed by atoms with van der Waals surface area (Å²) in [5.41, 5.74) is -2.00. The fraction of sp³-hybridized carbons (Fsp3) is 0.846.